The summed E-state index contributed by atoms with van der Waals surface area (Å²) in [6, 6.07) is 0. The molecule has 1 heterocycles. The molecular formula is C20H30O3. The minimum atomic E-state index is -0.160. The average Bonchev–Trinajstić information content (AvgIpc) is 2.89. The van der Waals surface area contributed by atoms with Gasteiger partial charge in [0.1, 0.15) is 11.9 Å². The van der Waals surface area contributed by atoms with Gasteiger partial charge in [-0.25, -0.2) is 0 Å². The van der Waals surface area contributed by atoms with Crippen LogP contribution in [-0.4, -0.2) is 5.97 Å². The molecule has 0 amide bonds. The molecule has 2 aliphatic carbocycles. The smallest absolute Gasteiger partial charge is 0.309 e. The zero-order chi connectivity index (χ0) is 16.8. The van der Waals surface area contributed by atoms with Gasteiger partial charge < -0.3 is 9.15 Å². The number of aryl methyl sites for hydroxylation is 1. The van der Waals surface area contributed by atoms with E-state index in [4.69, 9.17) is 9.15 Å². The molecule has 128 valence electrons. The van der Waals surface area contributed by atoms with E-state index in [1.54, 1.807) is 0 Å². The van der Waals surface area contributed by atoms with E-state index in [0.29, 0.717) is 11.8 Å². The molecule has 0 spiro atoms. The molecule has 1 aromatic rings. The van der Waals surface area contributed by atoms with Crippen molar-refractivity contribution in [3.8, 4) is 0 Å². The van der Waals surface area contributed by atoms with Crippen molar-refractivity contribution < 1.29 is 13.9 Å². The second-order valence-corrected chi connectivity index (χ2v) is 7.98. The van der Waals surface area contributed by atoms with Crippen molar-refractivity contribution in [2.75, 3.05) is 0 Å². The van der Waals surface area contributed by atoms with Crippen molar-refractivity contribution in [1.82, 2.24) is 0 Å². The highest BCUT2D eigenvalue weighted by molar-refractivity contribution is 5.72. The van der Waals surface area contributed by atoms with Crippen molar-refractivity contribution in [1.29, 1.82) is 0 Å². The fourth-order valence-corrected chi connectivity index (χ4v) is 4.63. The lowest BCUT2D eigenvalue weighted by atomic mass is 9.54. The summed E-state index contributed by atoms with van der Waals surface area (Å²) in [5.74, 6) is 2.02. The first-order valence-electron chi connectivity index (χ1n) is 9.16. The molecule has 0 radical (unpaired) electrons. The quantitative estimate of drug-likeness (QED) is 0.718. The summed E-state index contributed by atoms with van der Waals surface area (Å²) in [6.45, 7) is 10.7. The molecule has 3 rings (SSSR count). The molecule has 0 aromatic carbocycles. The predicted octanol–water partition coefficient (Wildman–Crippen LogP) is 5.22. The van der Waals surface area contributed by atoms with E-state index in [2.05, 4.69) is 20.8 Å². The van der Waals surface area contributed by atoms with Gasteiger partial charge in [0.2, 0.25) is 0 Å². The Bertz CT molecular complexity index is 588. The lowest BCUT2D eigenvalue weighted by Gasteiger charge is -2.52. The number of hydrogen-bond acceptors (Lipinski definition) is 3. The van der Waals surface area contributed by atoms with E-state index in [1.165, 1.54) is 19.3 Å². The zero-order valence-corrected chi connectivity index (χ0v) is 15.1. The topological polar surface area (TPSA) is 39.4 Å². The van der Waals surface area contributed by atoms with Crippen LogP contribution in [-0.2, 0) is 16.0 Å². The summed E-state index contributed by atoms with van der Waals surface area (Å²) in [5.41, 5.74) is 2.29. The van der Waals surface area contributed by atoms with Crippen molar-refractivity contribution in [3.05, 3.63) is 23.2 Å². The molecule has 5 atom stereocenters. The number of carbonyl (C=O) groups excluding carboxylic acids is 1. The van der Waals surface area contributed by atoms with Crippen LogP contribution in [0.3, 0.4) is 0 Å². The van der Waals surface area contributed by atoms with Crippen LogP contribution in [0.5, 0.6) is 0 Å². The number of rotatable bonds is 3. The Balaban J connectivity index is 2.03. The van der Waals surface area contributed by atoms with Crippen LogP contribution < -0.4 is 0 Å². The molecule has 3 nitrogen and oxygen atoms in total. The molecule has 1 saturated carbocycles. The number of esters is 1. The lowest BCUT2D eigenvalue weighted by molar-refractivity contribution is -0.173. The summed E-state index contributed by atoms with van der Waals surface area (Å²) < 4.78 is 12.0. The maximum absolute atomic E-state index is 12.6. The van der Waals surface area contributed by atoms with Crippen molar-refractivity contribution in [2.45, 2.75) is 72.8 Å². The first-order valence-corrected chi connectivity index (χ1v) is 9.16. The van der Waals surface area contributed by atoms with Crippen LogP contribution in [0.25, 0.3) is 0 Å². The van der Waals surface area contributed by atoms with Crippen molar-refractivity contribution in [2.24, 2.45) is 23.2 Å². The molecule has 2 aliphatic rings. The molecule has 5 unspecified atom stereocenters. The summed E-state index contributed by atoms with van der Waals surface area (Å²) in [5, 5.41) is 0. The maximum atomic E-state index is 12.6. The summed E-state index contributed by atoms with van der Waals surface area (Å²) in [4.78, 5) is 12.6. The fourth-order valence-electron chi connectivity index (χ4n) is 4.63. The largest absolute Gasteiger partial charge is 0.469 e. The van der Waals surface area contributed by atoms with Gasteiger partial charge in [0, 0.05) is 17.4 Å². The Morgan fingerprint density at radius 2 is 2.22 bits per heavy atom. The second-order valence-electron chi connectivity index (χ2n) is 7.98. The van der Waals surface area contributed by atoms with E-state index in [9.17, 15) is 4.79 Å². The third kappa shape index (κ3) is 2.53. The van der Waals surface area contributed by atoms with E-state index < -0.39 is 0 Å². The number of fused-ring (bicyclic) bond motifs is 2. The molecule has 0 saturated heterocycles. The molecule has 0 bridgehead atoms. The van der Waals surface area contributed by atoms with Gasteiger partial charge in [-0.15, -0.1) is 0 Å². The Kier molecular flexibility index (Phi) is 4.33. The Morgan fingerprint density at radius 3 is 2.91 bits per heavy atom. The van der Waals surface area contributed by atoms with Gasteiger partial charge >= 0.3 is 5.97 Å². The summed E-state index contributed by atoms with van der Waals surface area (Å²) >= 11 is 0. The van der Waals surface area contributed by atoms with Gasteiger partial charge in [-0.3, -0.25) is 4.79 Å². The number of carbonyl (C=O) groups is 1. The van der Waals surface area contributed by atoms with E-state index >= 15 is 0 Å². The van der Waals surface area contributed by atoms with Gasteiger partial charge in [-0.2, -0.15) is 0 Å². The minimum absolute atomic E-state index is 0.0169. The average molecular weight is 318 g/mol. The highest BCUT2D eigenvalue weighted by atomic mass is 16.5. The third-order valence-electron chi connectivity index (χ3n) is 6.74. The monoisotopic (exact) mass is 318 g/mol. The van der Waals surface area contributed by atoms with E-state index in [1.807, 2.05) is 20.1 Å². The molecular weight excluding hydrogens is 288 g/mol. The van der Waals surface area contributed by atoms with Gasteiger partial charge in [0.15, 0.2) is 0 Å². The van der Waals surface area contributed by atoms with Gasteiger partial charge in [-0.1, -0.05) is 40.5 Å². The Morgan fingerprint density at radius 1 is 1.48 bits per heavy atom. The van der Waals surface area contributed by atoms with E-state index in [0.717, 1.165) is 29.7 Å². The fraction of sp³-hybridized carbons (Fsp3) is 0.750. The standard InChI is InChI=1S/C20H30O3/c1-6-12(2)19(21)23-18-17-13(3)11-22-16(17)10-15-9-7-8-14(4)20(15,18)5/h11-12,14-15,18H,6-10H2,1-5H3. The number of furan rings is 1. The highest BCUT2D eigenvalue weighted by Crippen LogP contribution is 2.59. The second kappa shape index (κ2) is 5.99. The highest BCUT2D eigenvalue weighted by Gasteiger charge is 2.54. The molecule has 0 aliphatic heterocycles. The molecule has 0 N–H and O–H groups in total. The van der Waals surface area contributed by atoms with Crippen molar-refractivity contribution >= 4 is 5.97 Å². The van der Waals surface area contributed by atoms with Crippen LogP contribution in [0, 0.1) is 30.1 Å². The zero-order valence-electron chi connectivity index (χ0n) is 15.1. The maximum Gasteiger partial charge on any atom is 0.309 e. The van der Waals surface area contributed by atoms with Crippen LogP contribution in [0.2, 0.25) is 0 Å². The molecule has 1 fully saturated rings. The number of ether oxygens (including phenoxy) is 1. The van der Waals surface area contributed by atoms with Crippen LogP contribution in [0.15, 0.2) is 10.7 Å². The molecule has 23 heavy (non-hydrogen) atoms. The van der Waals surface area contributed by atoms with Gasteiger partial charge in [0.25, 0.3) is 0 Å². The Labute approximate surface area is 139 Å². The summed E-state index contributed by atoms with van der Waals surface area (Å²) in [7, 11) is 0. The predicted molar refractivity (Wildman–Crippen MR) is 90.0 cm³/mol. The normalized spacial score (nSPS) is 34.4. The third-order valence-corrected chi connectivity index (χ3v) is 6.74. The van der Waals surface area contributed by atoms with Crippen LogP contribution in [0.1, 0.15) is 76.4 Å². The molecule has 1 aromatic heterocycles. The van der Waals surface area contributed by atoms with Crippen LogP contribution >= 0.6 is 0 Å². The minimum Gasteiger partial charge on any atom is -0.469 e. The summed E-state index contributed by atoms with van der Waals surface area (Å²) in [6.07, 6.45) is 7.17. The molecule has 3 heteroatoms. The lowest BCUT2D eigenvalue weighted by Crippen LogP contribution is -2.48. The van der Waals surface area contributed by atoms with E-state index in [-0.39, 0.29) is 23.4 Å². The number of hydrogen-bond donors (Lipinski definition) is 0. The SMILES string of the molecule is CCC(C)C(=O)OC1c2c(C)coc2CC2CCCC(C)C21C. The first-order chi connectivity index (χ1) is 10.9. The Hall–Kier alpha value is -1.25. The van der Waals surface area contributed by atoms with Gasteiger partial charge in [-0.05, 0) is 37.2 Å². The first kappa shape index (κ1) is 16.6. The van der Waals surface area contributed by atoms with Crippen molar-refractivity contribution in [3.63, 3.8) is 0 Å². The van der Waals surface area contributed by atoms with Gasteiger partial charge in [0.05, 0.1) is 12.2 Å². The van der Waals surface area contributed by atoms with Crippen LogP contribution in [0.4, 0.5) is 0 Å².